The van der Waals surface area contributed by atoms with Crippen molar-refractivity contribution in [2.24, 2.45) is 28.1 Å². The third kappa shape index (κ3) is 1.57. The Morgan fingerprint density at radius 3 is 2.40 bits per heavy atom. The molecule has 0 radical (unpaired) electrons. The molecule has 3 aliphatic heterocycles. The van der Waals surface area contributed by atoms with Gasteiger partial charge >= 0.3 is 17.9 Å². The molecule has 10 nitrogen and oxygen atoms in total. The predicted molar refractivity (Wildman–Crippen MR) is 94.4 cm³/mol. The minimum atomic E-state index is -2.54. The monoisotopic (exact) mass is 426 g/mol. The zero-order valence-corrected chi connectivity index (χ0v) is 17.1. The maximum absolute atomic E-state index is 13.3. The van der Waals surface area contributed by atoms with Crippen molar-refractivity contribution in [1.82, 2.24) is 0 Å². The molecule has 5 aliphatic rings. The molecule has 0 amide bonds. The molecule has 10 unspecified atom stereocenters. The summed E-state index contributed by atoms with van der Waals surface area (Å²) in [5.74, 6) is -5.38. The molecule has 2 spiro atoms. The molecule has 5 fully saturated rings. The first-order valence-corrected chi connectivity index (χ1v) is 10.1. The van der Waals surface area contributed by atoms with Gasteiger partial charge in [0, 0.05) is 0 Å². The van der Waals surface area contributed by atoms with E-state index < -0.39 is 81.8 Å². The topological polar surface area (TPSA) is 160 Å². The van der Waals surface area contributed by atoms with Gasteiger partial charge in [-0.2, -0.15) is 0 Å². The highest BCUT2D eigenvalue weighted by Gasteiger charge is 2.99. The van der Waals surface area contributed by atoms with Crippen molar-refractivity contribution < 1.29 is 49.0 Å². The third-order valence-corrected chi connectivity index (χ3v) is 8.75. The van der Waals surface area contributed by atoms with Gasteiger partial charge in [-0.05, 0) is 31.1 Å². The number of carboxylic acid groups (broad SMARTS) is 1. The van der Waals surface area contributed by atoms with E-state index in [1.54, 1.807) is 0 Å². The molecule has 3 heterocycles. The second kappa shape index (κ2) is 5.17. The lowest BCUT2D eigenvalue weighted by Crippen LogP contribution is -2.68. The Bertz CT molecular complexity index is 879. The molecule has 4 N–H and O–H groups in total. The summed E-state index contributed by atoms with van der Waals surface area (Å²) in [5.41, 5.74) is -8.33. The fourth-order valence-corrected chi connectivity index (χ4v) is 7.72. The van der Waals surface area contributed by atoms with Crippen molar-refractivity contribution in [3.63, 3.8) is 0 Å². The number of esters is 2. The van der Waals surface area contributed by atoms with Crippen LogP contribution in [-0.4, -0.2) is 74.1 Å². The van der Waals surface area contributed by atoms with Gasteiger partial charge in [-0.25, -0.2) is 9.59 Å². The van der Waals surface area contributed by atoms with Gasteiger partial charge in [-0.15, -0.1) is 0 Å². The highest BCUT2D eigenvalue weighted by molar-refractivity contribution is 5.92. The van der Waals surface area contributed by atoms with E-state index in [2.05, 4.69) is 0 Å². The van der Waals surface area contributed by atoms with Gasteiger partial charge < -0.3 is 34.6 Å². The lowest BCUT2D eigenvalue weighted by atomic mass is 9.51. The van der Waals surface area contributed by atoms with Gasteiger partial charge in [0.2, 0.25) is 11.9 Å². The quantitative estimate of drug-likeness (QED) is 0.411. The third-order valence-electron chi connectivity index (χ3n) is 8.75. The van der Waals surface area contributed by atoms with Crippen LogP contribution in [0.3, 0.4) is 0 Å². The van der Waals surface area contributed by atoms with Crippen LogP contribution in [0, 0.1) is 28.1 Å². The molecule has 0 aromatic carbocycles. The van der Waals surface area contributed by atoms with Gasteiger partial charge in [0.1, 0.15) is 11.7 Å². The first-order chi connectivity index (χ1) is 13.7. The SMILES string of the molecule is CC(C(=O)O)C1(O)C(O)CC23C4CC(C(C)(C)C)C25C(OC(=O)C5O)OC13C(=O)O4. The standard InChI is InChI=1S/C20H26O10/c1-7(12(23)24)19(27)9(21)6-17-10-5-8(16(2,3)4)18(17)11(22)13(25)29-15(18)30-20(17,19)14(26)28-10/h7-11,15,21-22,27H,5-6H2,1-4H3,(H,23,24). The molecule has 166 valence electrons. The fourth-order valence-electron chi connectivity index (χ4n) is 7.72. The van der Waals surface area contributed by atoms with E-state index in [0.29, 0.717) is 0 Å². The summed E-state index contributed by atoms with van der Waals surface area (Å²) < 4.78 is 17.0. The van der Waals surface area contributed by atoms with E-state index in [1.165, 1.54) is 6.92 Å². The molecule has 2 aliphatic carbocycles. The summed E-state index contributed by atoms with van der Waals surface area (Å²) in [4.78, 5) is 37.6. The Labute approximate surface area is 172 Å². The first-order valence-electron chi connectivity index (χ1n) is 10.1. The van der Waals surface area contributed by atoms with E-state index in [4.69, 9.17) is 14.2 Å². The molecular formula is C20H26O10. The number of aliphatic carboxylic acids is 1. The number of aliphatic hydroxyl groups excluding tert-OH is 2. The zero-order valence-electron chi connectivity index (χ0n) is 17.1. The minimum absolute atomic E-state index is 0.259. The average molecular weight is 426 g/mol. The van der Waals surface area contributed by atoms with Crippen molar-refractivity contribution in [2.45, 2.75) is 76.3 Å². The van der Waals surface area contributed by atoms with Crippen LogP contribution < -0.4 is 0 Å². The Balaban J connectivity index is 1.85. The van der Waals surface area contributed by atoms with E-state index in [-0.39, 0.29) is 12.8 Å². The Morgan fingerprint density at radius 2 is 1.83 bits per heavy atom. The Hall–Kier alpha value is -1.75. The fraction of sp³-hybridized carbons (Fsp3) is 0.850. The van der Waals surface area contributed by atoms with Crippen LogP contribution >= 0.6 is 0 Å². The van der Waals surface area contributed by atoms with E-state index in [0.717, 1.165) is 0 Å². The van der Waals surface area contributed by atoms with Crippen molar-refractivity contribution in [1.29, 1.82) is 0 Å². The van der Waals surface area contributed by atoms with Crippen LogP contribution in [0.1, 0.15) is 40.5 Å². The summed E-state index contributed by atoms with van der Waals surface area (Å²) >= 11 is 0. The maximum Gasteiger partial charge on any atom is 0.342 e. The molecule has 5 rings (SSSR count). The second-order valence-electron chi connectivity index (χ2n) is 10.5. The molecule has 10 atom stereocenters. The smallest absolute Gasteiger partial charge is 0.342 e. The maximum atomic E-state index is 13.3. The van der Waals surface area contributed by atoms with Crippen LogP contribution in [-0.2, 0) is 28.6 Å². The summed E-state index contributed by atoms with van der Waals surface area (Å²) in [6.07, 6.45) is -5.60. The van der Waals surface area contributed by atoms with Crippen molar-refractivity contribution >= 4 is 17.9 Å². The number of rotatable bonds is 2. The highest BCUT2D eigenvalue weighted by Crippen LogP contribution is 2.83. The van der Waals surface area contributed by atoms with Crippen molar-refractivity contribution in [3.05, 3.63) is 0 Å². The molecule has 2 saturated carbocycles. The molecule has 0 aromatic heterocycles. The number of hydrogen-bond acceptors (Lipinski definition) is 9. The second-order valence-corrected chi connectivity index (χ2v) is 10.5. The summed E-state index contributed by atoms with van der Waals surface area (Å²) in [7, 11) is 0. The summed E-state index contributed by atoms with van der Waals surface area (Å²) in [6, 6.07) is 0. The van der Waals surface area contributed by atoms with Crippen LogP contribution in [0.15, 0.2) is 0 Å². The predicted octanol–water partition coefficient (Wildman–Crippen LogP) is -0.820. The Kier molecular flexibility index (Phi) is 3.48. The average Bonchev–Trinajstić information content (AvgIpc) is 3.28. The zero-order chi connectivity index (χ0) is 22.2. The number of ether oxygens (including phenoxy) is 3. The number of carbonyl (C=O) groups excluding carboxylic acids is 2. The van der Waals surface area contributed by atoms with Crippen LogP contribution in [0.5, 0.6) is 0 Å². The lowest BCUT2D eigenvalue weighted by molar-refractivity contribution is -0.253. The van der Waals surface area contributed by atoms with Gasteiger partial charge in [-0.3, -0.25) is 4.79 Å². The Morgan fingerprint density at radius 1 is 1.20 bits per heavy atom. The van der Waals surface area contributed by atoms with Gasteiger partial charge in [0.05, 0.1) is 22.9 Å². The van der Waals surface area contributed by atoms with Crippen LogP contribution in [0.2, 0.25) is 0 Å². The first kappa shape index (κ1) is 20.2. The van der Waals surface area contributed by atoms with Gasteiger partial charge in [0.25, 0.3) is 0 Å². The lowest BCUT2D eigenvalue weighted by Gasteiger charge is -2.46. The van der Waals surface area contributed by atoms with E-state index >= 15 is 0 Å². The number of carboxylic acids is 1. The largest absolute Gasteiger partial charge is 0.481 e. The van der Waals surface area contributed by atoms with Crippen LogP contribution in [0.4, 0.5) is 0 Å². The normalized spacial score (nSPS) is 54.4. The van der Waals surface area contributed by atoms with Crippen LogP contribution in [0.25, 0.3) is 0 Å². The molecular weight excluding hydrogens is 400 g/mol. The van der Waals surface area contributed by atoms with Gasteiger partial charge in [0.15, 0.2) is 6.10 Å². The minimum Gasteiger partial charge on any atom is -0.481 e. The number of aliphatic hydroxyl groups is 3. The van der Waals surface area contributed by atoms with E-state index in [9.17, 15) is 34.8 Å². The molecule has 0 aromatic rings. The molecule has 3 saturated heterocycles. The molecule has 0 bridgehead atoms. The van der Waals surface area contributed by atoms with Gasteiger partial charge in [-0.1, -0.05) is 20.8 Å². The molecule has 30 heavy (non-hydrogen) atoms. The van der Waals surface area contributed by atoms with Crippen molar-refractivity contribution in [3.8, 4) is 0 Å². The van der Waals surface area contributed by atoms with E-state index in [1.807, 2.05) is 20.8 Å². The number of carbonyl (C=O) groups is 3. The highest BCUT2D eigenvalue weighted by atomic mass is 16.8. The summed E-state index contributed by atoms with van der Waals surface area (Å²) in [6.45, 7) is 6.92. The summed E-state index contributed by atoms with van der Waals surface area (Å²) in [5, 5.41) is 43.5. The number of hydrogen-bond donors (Lipinski definition) is 4. The molecule has 10 heteroatoms. The van der Waals surface area contributed by atoms with Crippen molar-refractivity contribution in [2.75, 3.05) is 0 Å².